The Kier molecular flexibility index (Phi) is 3.33. The van der Waals surface area contributed by atoms with Gasteiger partial charge in [0, 0.05) is 0 Å². The van der Waals surface area contributed by atoms with Gasteiger partial charge in [-0.3, -0.25) is 0 Å². The summed E-state index contributed by atoms with van der Waals surface area (Å²) >= 11 is 0. The minimum absolute atomic E-state index is 0.170. The lowest BCUT2D eigenvalue weighted by Crippen LogP contribution is -1.72. The highest BCUT2D eigenvalue weighted by molar-refractivity contribution is 4.50. The maximum Gasteiger partial charge on any atom is 0.217 e. The molecule has 0 aromatic rings. The topological polar surface area (TPSA) is 20.2 Å². The van der Waals surface area contributed by atoms with Crippen LogP contribution in [0.5, 0.6) is 0 Å². The van der Waals surface area contributed by atoms with Gasteiger partial charge in [-0.25, -0.2) is 0 Å². The van der Waals surface area contributed by atoms with Crippen LogP contribution in [-0.2, 0) is 0 Å². The number of hydrogen-bond acceptors (Lipinski definition) is 1. The smallest absolute Gasteiger partial charge is 0.217 e. The number of aliphatic hydroxyl groups is 1. The van der Waals surface area contributed by atoms with Gasteiger partial charge in [0.05, 0.1) is 6.61 Å². The Hall–Kier alpha value is -0.390. The highest BCUT2D eigenvalue weighted by Crippen LogP contribution is 1.67. The Bertz CT molecular complexity index is 24.8. The molecule has 0 fully saturated rings. The molecule has 0 saturated heterocycles. The van der Waals surface area contributed by atoms with Crippen molar-refractivity contribution in [1.29, 1.82) is 0 Å². The molecule has 0 radical (unpaired) electrons. The zero-order valence-electron chi connectivity index (χ0n) is 3.07. The number of aliphatic hydroxyl groups excluding tert-OH is 1. The largest absolute Gasteiger partial charge is 0.391 e. The lowest BCUT2D eigenvalue weighted by molar-refractivity contribution is 0.301. The van der Waals surface area contributed by atoms with Crippen LogP contribution in [0.3, 0.4) is 0 Å². The van der Waals surface area contributed by atoms with E-state index in [0.29, 0.717) is 6.42 Å². The van der Waals surface area contributed by atoms with Crippen molar-refractivity contribution in [2.24, 2.45) is 0 Å². The van der Waals surface area contributed by atoms with Crippen LogP contribution in [-0.4, -0.2) is 11.7 Å². The van der Waals surface area contributed by atoms with Gasteiger partial charge in [0.15, 0.2) is 6.42 Å². The van der Waals surface area contributed by atoms with Gasteiger partial charge in [-0.05, 0) is 0 Å². The highest BCUT2D eigenvalue weighted by atomic mass is 16.2. The molecule has 0 spiro atoms. The molecule has 28 valence electrons. The van der Waals surface area contributed by atoms with Gasteiger partial charge in [-0.15, -0.1) is 0 Å². The van der Waals surface area contributed by atoms with Gasteiger partial charge in [0.1, 0.15) is 6.58 Å². The van der Waals surface area contributed by atoms with Crippen LogP contribution >= 0.6 is 0 Å². The van der Waals surface area contributed by atoms with Crippen molar-refractivity contribution >= 4 is 0 Å². The van der Waals surface area contributed by atoms with Crippen molar-refractivity contribution < 1.29 is 5.11 Å². The van der Waals surface area contributed by atoms with E-state index in [0.717, 1.165) is 0 Å². The molecule has 0 aliphatic rings. The Morgan fingerprint density at radius 2 is 2.40 bits per heavy atom. The van der Waals surface area contributed by atoms with E-state index in [1.54, 1.807) is 0 Å². The molecular weight excluding hydrogens is 64.0 g/mol. The third-order valence-electron chi connectivity index (χ3n) is 0.289. The van der Waals surface area contributed by atoms with E-state index in [1.165, 1.54) is 0 Å². The zero-order valence-corrected chi connectivity index (χ0v) is 3.07. The van der Waals surface area contributed by atoms with E-state index in [4.69, 9.17) is 5.11 Å². The second-order valence-corrected chi connectivity index (χ2v) is 0.724. The van der Waals surface area contributed by atoms with E-state index >= 15 is 0 Å². The van der Waals surface area contributed by atoms with Crippen molar-refractivity contribution in [2.45, 2.75) is 6.42 Å². The van der Waals surface area contributed by atoms with E-state index in [-0.39, 0.29) is 6.61 Å². The maximum atomic E-state index is 7.96. The SMILES string of the molecule is C=[C+]CCO. The molecule has 0 atom stereocenters. The summed E-state index contributed by atoms with van der Waals surface area (Å²) in [5, 5.41) is 7.96. The van der Waals surface area contributed by atoms with Gasteiger partial charge in [0.25, 0.3) is 0 Å². The summed E-state index contributed by atoms with van der Waals surface area (Å²) in [6, 6.07) is 0. The third kappa shape index (κ3) is 3.61. The average Bonchev–Trinajstić information content (AvgIpc) is 1.41. The van der Waals surface area contributed by atoms with Crippen molar-refractivity contribution in [3.8, 4) is 0 Å². The Balaban J connectivity index is 2.40. The predicted molar refractivity (Wildman–Crippen MR) is 20.6 cm³/mol. The second-order valence-electron chi connectivity index (χ2n) is 0.724. The van der Waals surface area contributed by atoms with Crippen molar-refractivity contribution in [3.63, 3.8) is 0 Å². The maximum absolute atomic E-state index is 7.96. The minimum Gasteiger partial charge on any atom is -0.391 e. The fourth-order valence-electron chi connectivity index (χ4n) is 0.0791. The Labute approximate surface area is 31.9 Å². The molecule has 0 aromatic carbocycles. The van der Waals surface area contributed by atoms with Crippen LogP contribution in [0, 0.1) is 6.08 Å². The van der Waals surface area contributed by atoms with E-state index in [2.05, 4.69) is 12.7 Å². The number of hydrogen-bond donors (Lipinski definition) is 1. The van der Waals surface area contributed by atoms with E-state index in [1.807, 2.05) is 0 Å². The van der Waals surface area contributed by atoms with Gasteiger partial charge < -0.3 is 5.11 Å². The van der Waals surface area contributed by atoms with Crippen LogP contribution in [0.1, 0.15) is 6.42 Å². The molecule has 0 bridgehead atoms. The fourth-order valence-corrected chi connectivity index (χ4v) is 0.0791. The van der Waals surface area contributed by atoms with Gasteiger partial charge in [-0.1, -0.05) is 0 Å². The summed E-state index contributed by atoms with van der Waals surface area (Å²) < 4.78 is 0. The van der Waals surface area contributed by atoms with Gasteiger partial charge in [0.2, 0.25) is 6.08 Å². The molecule has 1 heteroatoms. The fraction of sp³-hybridized carbons (Fsp3) is 0.500. The van der Waals surface area contributed by atoms with Crippen LogP contribution in [0.4, 0.5) is 0 Å². The third-order valence-corrected chi connectivity index (χ3v) is 0.289. The molecule has 0 amide bonds. The van der Waals surface area contributed by atoms with Crippen LogP contribution in [0.25, 0.3) is 0 Å². The van der Waals surface area contributed by atoms with Crippen LogP contribution in [0.2, 0.25) is 0 Å². The van der Waals surface area contributed by atoms with Crippen molar-refractivity contribution in [1.82, 2.24) is 0 Å². The quantitative estimate of drug-likeness (QED) is 0.466. The first-order valence-corrected chi connectivity index (χ1v) is 1.52. The van der Waals surface area contributed by atoms with E-state index in [9.17, 15) is 0 Å². The monoisotopic (exact) mass is 71.0 g/mol. The molecule has 1 nitrogen and oxygen atoms in total. The summed E-state index contributed by atoms with van der Waals surface area (Å²) in [5.74, 6) is 0. The summed E-state index contributed by atoms with van der Waals surface area (Å²) in [5.41, 5.74) is 0. The Morgan fingerprint density at radius 3 is 2.40 bits per heavy atom. The summed E-state index contributed by atoms with van der Waals surface area (Å²) in [4.78, 5) is 0. The number of rotatable bonds is 2. The molecular formula is C4H7O+. The lowest BCUT2D eigenvalue weighted by atomic mass is 10.5. The lowest BCUT2D eigenvalue weighted by Gasteiger charge is -1.60. The average molecular weight is 71.1 g/mol. The first-order chi connectivity index (χ1) is 2.41. The molecule has 0 aliphatic heterocycles. The summed E-state index contributed by atoms with van der Waals surface area (Å²) in [6.45, 7) is 3.44. The summed E-state index contributed by atoms with van der Waals surface area (Å²) in [7, 11) is 0. The Morgan fingerprint density at radius 1 is 1.80 bits per heavy atom. The molecule has 0 rings (SSSR count). The van der Waals surface area contributed by atoms with Gasteiger partial charge in [-0.2, -0.15) is 0 Å². The molecule has 0 aromatic heterocycles. The predicted octanol–water partition coefficient (Wildman–Crippen LogP) is 0.358. The zero-order chi connectivity index (χ0) is 4.12. The standard InChI is InChI=1S/C4H7O/c1-2-3-4-5/h5H,1,3-4H2/q+1. The molecule has 0 aliphatic carbocycles. The first-order valence-electron chi connectivity index (χ1n) is 1.52. The first kappa shape index (κ1) is 4.61. The molecule has 5 heavy (non-hydrogen) atoms. The van der Waals surface area contributed by atoms with Crippen molar-refractivity contribution in [2.75, 3.05) is 6.61 Å². The highest BCUT2D eigenvalue weighted by Gasteiger charge is 1.79. The minimum atomic E-state index is 0.170. The normalized spacial score (nSPS) is 6.60. The molecule has 1 N–H and O–H groups in total. The van der Waals surface area contributed by atoms with Crippen molar-refractivity contribution in [3.05, 3.63) is 12.7 Å². The molecule has 0 unspecified atom stereocenters. The van der Waals surface area contributed by atoms with Gasteiger partial charge >= 0.3 is 0 Å². The molecule has 0 heterocycles. The summed E-state index contributed by atoms with van der Waals surface area (Å²) in [6.07, 6.45) is 3.10. The van der Waals surface area contributed by atoms with E-state index < -0.39 is 0 Å². The molecule has 0 saturated carbocycles. The van der Waals surface area contributed by atoms with Crippen LogP contribution < -0.4 is 0 Å². The van der Waals surface area contributed by atoms with Crippen LogP contribution in [0.15, 0.2) is 6.58 Å². The second kappa shape index (κ2) is 3.61.